The number of halogens is 1. The molecule has 1 saturated heterocycles. The molecule has 1 aromatic rings. The first-order chi connectivity index (χ1) is 31.6. The standard InChI is InChI=1S/C50H67BrN4O12/c1-25(2)24-55-21-18-50(19-22-55)53-38-35-36-42(59)31(8)46-37(35)47(61)49(10,67-46)64-23-17-33(63-11)28(5)45(65-32(9)56)30(7)41(58)29(6)44(66-34(57)16-13-20-51)26(3)14-12-15-27(4)48(62)52-40(43(36)60)39(38)54-50/h12,14-15,17,23,25-26,28-30,33,41,44-45,54,58-59H,13,16,18-22,24H2,1-11H3,(H,52,62)/b14-12+,23-17+,27-15-/t26-,28+,29-,30+,33-,41+,44-,45+,49-/m0/s1. The molecule has 0 saturated carbocycles. The van der Waals surface area contributed by atoms with E-state index in [0.29, 0.717) is 43.6 Å². The number of nitrogens with zero attached hydrogens (tertiary/aromatic N) is 2. The van der Waals surface area contributed by atoms with E-state index in [-0.39, 0.29) is 57.1 Å². The van der Waals surface area contributed by atoms with Gasteiger partial charge in [0, 0.05) is 106 Å². The number of fused-ring (bicyclic) bond motifs is 3. The Labute approximate surface area is 401 Å². The summed E-state index contributed by atoms with van der Waals surface area (Å²) < 4.78 is 30.3. The molecular weight excluding hydrogens is 928 g/mol. The SMILES string of the molecule is CO[C@H]1/C=C/O[C@@]2(C)Oc3c(C)c(O)c4c(c3C2=O)C2=NC3(CCN(CC(C)C)CC3)NC2=C(NC(=O)/C(C)=C\C=C\[C@H](C)[C@H](OC(=O)CCCBr)[C@@H](C)[C@@H](O)[C@@H](C)[C@H](OC(C)=O)[C@@H]1C)C4=O. The molecule has 0 radical (unpaired) electrons. The summed E-state index contributed by atoms with van der Waals surface area (Å²) in [6.45, 7) is 19.6. The highest BCUT2D eigenvalue weighted by molar-refractivity contribution is 9.09. The fourth-order valence-electron chi connectivity index (χ4n) is 9.90. The maximum absolute atomic E-state index is 14.8. The lowest BCUT2D eigenvalue weighted by Gasteiger charge is -2.39. The van der Waals surface area contributed by atoms with Gasteiger partial charge in [0.05, 0.1) is 41.0 Å². The zero-order chi connectivity index (χ0) is 49.3. The zero-order valence-electron chi connectivity index (χ0n) is 40.5. The molecule has 1 fully saturated rings. The van der Waals surface area contributed by atoms with E-state index in [9.17, 15) is 34.2 Å². The quantitative estimate of drug-likeness (QED) is 0.165. The third-order valence-electron chi connectivity index (χ3n) is 13.7. The number of aliphatic hydroxyl groups is 1. The van der Waals surface area contributed by atoms with Crippen LogP contribution in [-0.2, 0) is 33.3 Å². The molecule has 17 heteroatoms. The number of ether oxygens (including phenoxy) is 5. The fourth-order valence-corrected chi connectivity index (χ4v) is 10.2. The first-order valence-corrected chi connectivity index (χ1v) is 24.4. The van der Waals surface area contributed by atoms with Crippen molar-refractivity contribution in [2.24, 2.45) is 34.6 Å². The van der Waals surface area contributed by atoms with Crippen LogP contribution in [0.4, 0.5) is 0 Å². The van der Waals surface area contributed by atoms with Crippen LogP contribution in [0.25, 0.3) is 0 Å². The number of aromatic hydroxyl groups is 1. The number of carbonyl (C=O) groups excluding carboxylic acids is 5. The first kappa shape index (κ1) is 51.5. The van der Waals surface area contributed by atoms with Gasteiger partial charge in [0.2, 0.25) is 5.78 Å². The molecule has 366 valence electrons. The number of aliphatic imine (C=N–C) groups is 1. The van der Waals surface area contributed by atoms with Gasteiger partial charge in [-0.2, -0.15) is 0 Å². The van der Waals surface area contributed by atoms with Crippen LogP contribution in [-0.4, -0.2) is 118 Å². The molecule has 5 aliphatic rings. The molecule has 1 spiro atoms. The lowest BCUT2D eigenvalue weighted by atomic mass is 9.78. The monoisotopic (exact) mass is 994 g/mol. The summed E-state index contributed by atoms with van der Waals surface area (Å²) in [5.74, 6) is -7.44. The number of rotatable bonds is 8. The van der Waals surface area contributed by atoms with Crippen molar-refractivity contribution in [1.82, 2.24) is 15.5 Å². The maximum atomic E-state index is 14.8. The van der Waals surface area contributed by atoms with Crippen molar-refractivity contribution in [2.75, 3.05) is 32.1 Å². The smallest absolute Gasteiger partial charge is 0.312 e. The Morgan fingerprint density at radius 3 is 2.28 bits per heavy atom. The number of Topliss-reactive ketones (excluding diaryl/α,β-unsaturated/α-hetero) is 2. The van der Waals surface area contributed by atoms with Crippen molar-refractivity contribution in [1.29, 1.82) is 0 Å². The Hall–Kier alpha value is -4.84. The number of likely N-dealkylation sites (tertiary alicyclic amines) is 1. The molecule has 0 aromatic heterocycles. The van der Waals surface area contributed by atoms with Crippen molar-refractivity contribution in [3.05, 3.63) is 69.8 Å². The van der Waals surface area contributed by atoms with Crippen LogP contribution in [0.2, 0.25) is 0 Å². The second kappa shape index (κ2) is 20.8. The van der Waals surface area contributed by atoms with E-state index in [1.807, 2.05) is 6.92 Å². The highest BCUT2D eigenvalue weighted by atomic mass is 79.9. The minimum absolute atomic E-state index is 0.00711. The summed E-state index contributed by atoms with van der Waals surface area (Å²) in [5.41, 5.74) is -0.307. The van der Waals surface area contributed by atoms with Gasteiger partial charge in [-0.05, 0) is 32.3 Å². The van der Waals surface area contributed by atoms with Crippen molar-refractivity contribution >= 4 is 51.1 Å². The number of ketones is 2. The summed E-state index contributed by atoms with van der Waals surface area (Å²) in [6.07, 6.45) is 5.86. The molecule has 4 heterocycles. The van der Waals surface area contributed by atoms with Gasteiger partial charge in [-0.15, -0.1) is 0 Å². The van der Waals surface area contributed by atoms with Gasteiger partial charge >= 0.3 is 17.7 Å². The average Bonchev–Trinajstić information content (AvgIpc) is 3.78. The van der Waals surface area contributed by atoms with Gasteiger partial charge < -0.3 is 49.4 Å². The number of aliphatic hydroxyl groups excluding tert-OH is 1. The molecule has 4 N–H and O–H groups in total. The molecule has 4 aliphatic heterocycles. The summed E-state index contributed by atoms with van der Waals surface area (Å²) >= 11 is 3.36. The van der Waals surface area contributed by atoms with Crippen molar-refractivity contribution in [2.45, 2.75) is 131 Å². The van der Waals surface area contributed by atoms with Crippen LogP contribution in [0.1, 0.15) is 120 Å². The van der Waals surface area contributed by atoms with E-state index in [1.165, 1.54) is 34.1 Å². The highest BCUT2D eigenvalue weighted by Gasteiger charge is 2.54. The van der Waals surface area contributed by atoms with Gasteiger partial charge in [-0.1, -0.05) is 75.7 Å². The van der Waals surface area contributed by atoms with Gasteiger partial charge in [0.1, 0.15) is 35.1 Å². The van der Waals surface area contributed by atoms with Crippen molar-refractivity contribution < 1.29 is 57.9 Å². The zero-order valence-corrected chi connectivity index (χ0v) is 42.1. The molecule has 1 aliphatic carbocycles. The second-order valence-electron chi connectivity index (χ2n) is 19.3. The Bertz CT molecular complexity index is 2290. The first-order valence-electron chi connectivity index (χ1n) is 23.3. The van der Waals surface area contributed by atoms with E-state index in [0.717, 1.165) is 6.54 Å². The summed E-state index contributed by atoms with van der Waals surface area (Å²) in [5, 5.41) is 30.8. The number of allylic oxidation sites excluding steroid dienone is 4. The number of carbonyl (C=O) groups is 5. The van der Waals surface area contributed by atoms with Crippen LogP contribution < -0.4 is 15.4 Å². The number of amides is 1. The van der Waals surface area contributed by atoms with Gasteiger partial charge in [-0.25, -0.2) is 0 Å². The molecule has 67 heavy (non-hydrogen) atoms. The topological polar surface area (TPSA) is 212 Å². The highest BCUT2D eigenvalue weighted by Crippen LogP contribution is 2.50. The second-order valence-corrected chi connectivity index (χ2v) is 20.1. The minimum Gasteiger partial charge on any atom is -0.507 e. The number of phenols is 1. The Morgan fingerprint density at radius 1 is 0.985 bits per heavy atom. The molecule has 9 atom stereocenters. The summed E-state index contributed by atoms with van der Waals surface area (Å²) in [6, 6.07) is 0. The third kappa shape index (κ3) is 10.4. The lowest BCUT2D eigenvalue weighted by molar-refractivity contribution is -0.165. The Balaban J connectivity index is 1.49. The van der Waals surface area contributed by atoms with Gasteiger partial charge in [0.25, 0.3) is 11.7 Å². The van der Waals surface area contributed by atoms with E-state index < -0.39 is 94.7 Å². The minimum atomic E-state index is -1.99. The van der Waals surface area contributed by atoms with Crippen LogP contribution in [0, 0.1) is 36.5 Å². The molecule has 1 aromatic carbocycles. The molecule has 1 amide bonds. The third-order valence-corrected chi connectivity index (χ3v) is 14.3. The summed E-state index contributed by atoms with van der Waals surface area (Å²) in [4.78, 5) is 77.1. The molecular formula is C50H67BrN4O12. The maximum Gasteiger partial charge on any atom is 0.312 e. The molecule has 16 nitrogen and oxygen atoms in total. The van der Waals surface area contributed by atoms with E-state index in [2.05, 4.69) is 45.3 Å². The lowest BCUT2D eigenvalue weighted by Crippen LogP contribution is -2.50. The molecule has 6 rings (SSSR count). The number of benzene rings is 1. The predicted molar refractivity (Wildman–Crippen MR) is 254 cm³/mol. The average molecular weight is 996 g/mol. The molecule has 0 unspecified atom stereocenters. The van der Waals surface area contributed by atoms with E-state index in [4.69, 9.17) is 28.7 Å². The number of hydrogen-bond acceptors (Lipinski definition) is 15. The van der Waals surface area contributed by atoms with Crippen LogP contribution >= 0.6 is 15.9 Å². The van der Waals surface area contributed by atoms with Crippen LogP contribution in [0.5, 0.6) is 11.5 Å². The van der Waals surface area contributed by atoms with Gasteiger partial charge in [-0.3, -0.25) is 29.0 Å². The largest absolute Gasteiger partial charge is 0.507 e. The normalized spacial score (nSPS) is 31.8. The number of esters is 2. The Kier molecular flexibility index (Phi) is 16.0. The number of hydrogen-bond donors (Lipinski definition) is 4. The number of phenolic OH excluding ortho intramolecular Hbond substituents is 1. The summed E-state index contributed by atoms with van der Waals surface area (Å²) in [7, 11) is 1.46. The van der Waals surface area contributed by atoms with Crippen molar-refractivity contribution in [3.8, 4) is 11.5 Å². The van der Waals surface area contributed by atoms with Crippen molar-refractivity contribution in [3.63, 3.8) is 0 Å². The number of alkyl halides is 1. The van der Waals surface area contributed by atoms with Crippen LogP contribution in [0.3, 0.4) is 0 Å². The fraction of sp³-hybridized carbons (Fsp3) is 0.600. The number of nitrogens with one attached hydrogen (secondary N) is 2. The van der Waals surface area contributed by atoms with E-state index >= 15 is 0 Å². The Morgan fingerprint density at radius 2 is 1.66 bits per heavy atom. The predicted octanol–water partition coefficient (Wildman–Crippen LogP) is 6.34. The molecule has 5 bridgehead atoms. The number of methoxy groups -OCH3 is 1. The van der Waals surface area contributed by atoms with Gasteiger partial charge in [0.15, 0.2) is 0 Å². The van der Waals surface area contributed by atoms with E-state index in [1.54, 1.807) is 52.0 Å². The van der Waals surface area contributed by atoms with Crippen LogP contribution in [0.15, 0.2) is 52.5 Å². The number of piperidine rings is 1.